The van der Waals surface area contributed by atoms with Crippen molar-refractivity contribution in [1.29, 1.82) is 0 Å². The van der Waals surface area contributed by atoms with Gasteiger partial charge in [0.05, 0.1) is 7.11 Å². The summed E-state index contributed by atoms with van der Waals surface area (Å²) < 4.78 is 5.16. The first-order chi connectivity index (χ1) is 12.2. The molecule has 0 spiro atoms. The van der Waals surface area contributed by atoms with Crippen LogP contribution in [-0.4, -0.2) is 24.5 Å². The molecule has 2 aromatic carbocycles. The molecule has 4 nitrogen and oxygen atoms in total. The van der Waals surface area contributed by atoms with Gasteiger partial charge in [-0.1, -0.05) is 37.3 Å². The molecule has 3 aromatic rings. The normalized spacial score (nSPS) is 11.8. The van der Waals surface area contributed by atoms with Crippen LogP contribution in [-0.2, 0) is 0 Å². The van der Waals surface area contributed by atoms with Crippen molar-refractivity contribution < 1.29 is 9.53 Å². The number of amides is 1. The van der Waals surface area contributed by atoms with Gasteiger partial charge >= 0.3 is 0 Å². The van der Waals surface area contributed by atoms with Gasteiger partial charge in [0.2, 0.25) is 0 Å². The van der Waals surface area contributed by atoms with Gasteiger partial charge in [-0.05, 0) is 35.7 Å². The molecule has 0 bridgehead atoms. The van der Waals surface area contributed by atoms with E-state index in [9.17, 15) is 4.79 Å². The lowest BCUT2D eigenvalue weighted by molar-refractivity contribution is 0.0947. The predicted octanol–water partition coefficient (Wildman–Crippen LogP) is 4.35. The molecule has 1 atom stereocenters. The van der Waals surface area contributed by atoms with Crippen LogP contribution in [0.3, 0.4) is 0 Å². The third kappa shape index (κ3) is 4.25. The molecular formula is C20H20N2O2S. The van der Waals surface area contributed by atoms with E-state index in [1.54, 1.807) is 12.5 Å². The van der Waals surface area contributed by atoms with E-state index < -0.39 is 0 Å². The molecule has 1 amide bonds. The number of nitrogens with zero attached hydrogens (tertiary/aromatic N) is 1. The van der Waals surface area contributed by atoms with Crippen molar-refractivity contribution >= 4 is 17.2 Å². The summed E-state index contributed by atoms with van der Waals surface area (Å²) in [7, 11) is 1.64. The predicted molar refractivity (Wildman–Crippen MR) is 101 cm³/mol. The lowest BCUT2D eigenvalue weighted by Gasteiger charge is -2.12. The highest BCUT2D eigenvalue weighted by atomic mass is 32.1. The van der Waals surface area contributed by atoms with Crippen molar-refractivity contribution in [1.82, 2.24) is 10.3 Å². The minimum Gasteiger partial charge on any atom is -0.497 e. The summed E-state index contributed by atoms with van der Waals surface area (Å²) in [6.45, 7) is 2.68. The summed E-state index contributed by atoms with van der Waals surface area (Å²) in [6, 6.07) is 17.8. The molecule has 1 aromatic heterocycles. The number of carbonyl (C=O) groups is 1. The topological polar surface area (TPSA) is 51.2 Å². The fourth-order valence-corrected chi connectivity index (χ4v) is 3.29. The first-order valence-electron chi connectivity index (χ1n) is 8.10. The van der Waals surface area contributed by atoms with Crippen molar-refractivity contribution in [3.8, 4) is 16.3 Å². The van der Waals surface area contributed by atoms with Crippen LogP contribution in [0.4, 0.5) is 0 Å². The average molecular weight is 352 g/mol. The number of carbonyl (C=O) groups excluding carboxylic acids is 1. The Labute approximate surface area is 151 Å². The van der Waals surface area contributed by atoms with E-state index in [1.165, 1.54) is 16.9 Å². The van der Waals surface area contributed by atoms with Crippen molar-refractivity contribution in [2.24, 2.45) is 0 Å². The molecule has 0 saturated carbocycles. The number of rotatable bonds is 6. The van der Waals surface area contributed by atoms with Crippen LogP contribution >= 0.6 is 11.3 Å². The molecule has 0 aliphatic heterocycles. The number of benzene rings is 2. The van der Waals surface area contributed by atoms with Gasteiger partial charge in [-0.3, -0.25) is 4.79 Å². The Balaban J connectivity index is 1.62. The molecule has 0 aliphatic rings. The van der Waals surface area contributed by atoms with Crippen molar-refractivity contribution in [3.63, 3.8) is 0 Å². The molecule has 1 heterocycles. The highest BCUT2D eigenvalue weighted by molar-refractivity contribution is 7.13. The summed E-state index contributed by atoms with van der Waals surface area (Å²) in [6.07, 6.45) is 0. The summed E-state index contributed by atoms with van der Waals surface area (Å²) >= 11 is 1.46. The lowest BCUT2D eigenvalue weighted by atomic mass is 10.0. The molecule has 25 heavy (non-hydrogen) atoms. The van der Waals surface area contributed by atoms with E-state index in [0.29, 0.717) is 12.2 Å². The zero-order valence-corrected chi connectivity index (χ0v) is 15.0. The molecule has 128 valence electrons. The number of methoxy groups -OCH3 is 1. The second-order valence-electron chi connectivity index (χ2n) is 5.79. The van der Waals surface area contributed by atoms with Crippen LogP contribution in [0.15, 0.2) is 60.0 Å². The molecule has 0 saturated heterocycles. The number of thiazole rings is 1. The van der Waals surface area contributed by atoms with E-state index >= 15 is 0 Å². The third-order valence-electron chi connectivity index (χ3n) is 4.01. The van der Waals surface area contributed by atoms with Crippen LogP contribution in [0.25, 0.3) is 10.6 Å². The molecule has 0 aliphatic carbocycles. The standard InChI is InChI=1S/C20H20N2O2S/c1-14(15-6-4-3-5-7-15)12-21-19(23)18-13-25-20(22-18)16-8-10-17(24-2)11-9-16/h3-11,13-14H,12H2,1-2H3,(H,21,23). The quantitative estimate of drug-likeness (QED) is 0.717. The number of hydrogen-bond donors (Lipinski definition) is 1. The second-order valence-corrected chi connectivity index (χ2v) is 6.65. The second kappa shape index (κ2) is 7.94. The van der Waals surface area contributed by atoms with Crippen molar-refractivity contribution in [2.45, 2.75) is 12.8 Å². The van der Waals surface area contributed by atoms with Gasteiger partial charge in [-0.2, -0.15) is 0 Å². The largest absolute Gasteiger partial charge is 0.497 e. The van der Waals surface area contributed by atoms with Crippen LogP contribution in [0, 0.1) is 0 Å². The van der Waals surface area contributed by atoms with Crippen LogP contribution in [0.2, 0.25) is 0 Å². The molecule has 3 rings (SSSR count). The highest BCUT2D eigenvalue weighted by Gasteiger charge is 2.13. The van der Waals surface area contributed by atoms with E-state index in [4.69, 9.17) is 4.74 Å². The number of ether oxygens (including phenoxy) is 1. The maximum absolute atomic E-state index is 12.3. The minimum absolute atomic E-state index is 0.140. The Kier molecular flexibility index (Phi) is 5.46. The van der Waals surface area contributed by atoms with Gasteiger partial charge in [0.25, 0.3) is 5.91 Å². The summed E-state index contributed by atoms with van der Waals surface area (Å²) in [5, 5.41) is 5.58. The Morgan fingerprint density at radius 3 is 2.56 bits per heavy atom. The maximum atomic E-state index is 12.3. The maximum Gasteiger partial charge on any atom is 0.270 e. The van der Waals surface area contributed by atoms with Gasteiger partial charge in [0, 0.05) is 17.5 Å². The number of hydrogen-bond acceptors (Lipinski definition) is 4. The highest BCUT2D eigenvalue weighted by Crippen LogP contribution is 2.25. The number of nitrogens with one attached hydrogen (secondary N) is 1. The van der Waals surface area contributed by atoms with Gasteiger partial charge in [-0.15, -0.1) is 11.3 Å². The zero-order chi connectivity index (χ0) is 17.6. The Morgan fingerprint density at radius 1 is 1.16 bits per heavy atom. The Bertz CT molecular complexity index is 828. The molecule has 5 heteroatoms. The zero-order valence-electron chi connectivity index (χ0n) is 14.2. The number of aromatic nitrogens is 1. The molecule has 0 radical (unpaired) electrons. The van der Waals surface area contributed by atoms with Gasteiger partial charge in [0.1, 0.15) is 16.5 Å². The first kappa shape index (κ1) is 17.2. The van der Waals surface area contributed by atoms with E-state index in [2.05, 4.69) is 29.4 Å². The van der Waals surface area contributed by atoms with Gasteiger partial charge in [-0.25, -0.2) is 4.98 Å². The fourth-order valence-electron chi connectivity index (χ4n) is 2.48. The average Bonchev–Trinajstić information content (AvgIpc) is 3.17. The molecular weight excluding hydrogens is 332 g/mol. The summed E-state index contributed by atoms with van der Waals surface area (Å²) in [5.41, 5.74) is 2.64. The van der Waals surface area contributed by atoms with E-state index in [-0.39, 0.29) is 11.8 Å². The summed E-state index contributed by atoms with van der Waals surface area (Å²) in [5.74, 6) is 0.914. The van der Waals surface area contributed by atoms with Crippen molar-refractivity contribution in [3.05, 3.63) is 71.2 Å². The smallest absolute Gasteiger partial charge is 0.270 e. The minimum atomic E-state index is -0.140. The van der Waals surface area contributed by atoms with E-state index in [0.717, 1.165) is 16.3 Å². The Hall–Kier alpha value is -2.66. The fraction of sp³-hybridized carbons (Fsp3) is 0.200. The van der Waals surface area contributed by atoms with E-state index in [1.807, 2.05) is 42.5 Å². The van der Waals surface area contributed by atoms with Gasteiger partial charge in [0.15, 0.2) is 0 Å². The summed E-state index contributed by atoms with van der Waals surface area (Å²) in [4.78, 5) is 16.8. The lowest BCUT2D eigenvalue weighted by Crippen LogP contribution is -2.27. The molecule has 1 N–H and O–H groups in total. The van der Waals surface area contributed by atoms with Gasteiger partial charge < -0.3 is 10.1 Å². The monoisotopic (exact) mass is 352 g/mol. The molecule has 0 fully saturated rings. The van der Waals surface area contributed by atoms with Crippen molar-refractivity contribution in [2.75, 3.05) is 13.7 Å². The SMILES string of the molecule is COc1ccc(-c2nc(C(=O)NCC(C)c3ccccc3)cs2)cc1. The van der Waals surface area contributed by atoms with Crippen LogP contribution in [0.1, 0.15) is 28.9 Å². The third-order valence-corrected chi connectivity index (χ3v) is 4.90. The van der Waals surface area contributed by atoms with Crippen LogP contribution < -0.4 is 10.1 Å². The first-order valence-corrected chi connectivity index (χ1v) is 8.98. The Morgan fingerprint density at radius 2 is 1.88 bits per heavy atom. The molecule has 1 unspecified atom stereocenters. The van der Waals surface area contributed by atoms with Crippen LogP contribution in [0.5, 0.6) is 5.75 Å².